The molecular formula is C18H22FN3OS. The zero-order valence-corrected chi connectivity index (χ0v) is 14.8. The summed E-state index contributed by atoms with van der Waals surface area (Å²) in [6.45, 7) is 4.86. The van der Waals surface area contributed by atoms with Gasteiger partial charge in [0.25, 0.3) is 0 Å². The van der Waals surface area contributed by atoms with Gasteiger partial charge in [0.15, 0.2) is 5.13 Å². The minimum absolute atomic E-state index is 0.0282. The highest BCUT2D eigenvalue weighted by molar-refractivity contribution is 7.15. The first-order valence-corrected chi connectivity index (χ1v) is 9.08. The predicted octanol–water partition coefficient (Wildman–Crippen LogP) is 3.51. The quantitative estimate of drug-likeness (QED) is 0.890. The van der Waals surface area contributed by atoms with Crippen LogP contribution < -0.4 is 10.6 Å². The van der Waals surface area contributed by atoms with Crippen molar-refractivity contribution in [3.05, 3.63) is 46.2 Å². The van der Waals surface area contributed by atoms with Crippen molar-refractivity contribution in [1.82, 2.24) is 10.3 Å². The number of halogens is 1. The maximum absolute atomic E-state index is 13.8. The molecule has 128 valence electrons. The van der Waals surface area contributed by atoms with Crippen molar-refractivity contribution in [2.75, 3.05) is 11.9 Å². The van der Waals surface area contributed by atoms with E-state index in [0.29, 0.717) is 23.2 Å². The van der Waals surface area contributed by atoms with Crippen LogP contribution in [0.15, 0.2) is 24.3 Å². The maximum Gasteiger partial charge on any atom is 0.229 e. The van der Waals surface area contributed by atoms with Crippen molar-refractivity contribution in [3.8, 4) is 0 Å². The minimum Gasteiger partial charge on any atom is -0.314 e. The van der Waals surface area contributed by atoms with E-state index >= 15 is 0 Å². The van der Waals surface area contributed by atoms with Gasteiger partial charge in [-0.15, -0.1) is 11.3 Å². The van der Waals surface area contributed by atoms with Crippen molar-refractivity contribution in [2.45, 2.75) is 39.2 Å². The highest BCUT2D eigenvalue weighted by Crippen LogP contribution is 2.27. The first kappa shape index (κ1) is 17.0. The number of hydrogen-bond donors (Lipinski definition) is 2. The summed E-state index contributed by atoms with van der Waals surface area (Å²) in [6.07, 6.45) is 2.19. The Hall–Kier alpha value is -1.79. The smallest absolute Gasteiger partial charge is 0.229 e. The number of rotatable bonds is 4. The van der Waals surface area contributed by atoms with Crippen LogP contribution in [0, 0.1) is 18.7 Å². The van der Waals surface area contributed by atoms with Gasteiger partial charge in [0.2, 0.25) is 5.91 Å². The standard InChI is InChI=1S/C18H22FN3OS/c1-11-9-14(7-8-20-11)17(23)22-18-21-12(2)16(24-18)10-13-5-3-4-6-15(13)19/h3-6,11,14,20H,7-10H2,1-2H3,(H,21,22,23)/t11-,14-/m0/s1. The zero-order chi connectivity index (χ0) is 17.1. The van der Waals surface area contributed by atoms with Crippen molar-refractivity contribution >= 4 is 22.4 Å². The van der Waals surface area contributed by atoms with E-state index < -0.39 is 0 Å². The molecular weight excluding hydrogens is 325 g/mol. The van der Waals surface area contributed by atoms with Crippen molar-refractivity contribution in [3.63, 3.8) is 0 Å². The van der Waals surface area contributed by atoms with E-state index in [1.54, 1.807) is 12.1 Å². The number of aromatic nitrogens is 1. The van der Waals surface area contributed by atoms with Gasteiger partial charge >= 0.3 is 0 Å². The number of hydrogen-bond acceptors (Lipinski definition) is 4. The molecule has 1 aromatic carbocycles. The van der Waals surface area contributed by atoms with Gasteiger partial charge in [0.1, 0.15) is 5.82 Å². The molecule has 2 heterocycles. The third kappa shape index (κ3) is 3.99. The Labute approximate surface area is 145 Å². The summed E-state index contributed by atoms with van der Waals surface area (Å²) in [5, 5.41) is 6.90. The second-order valence-corrected chi connectivity index (χ2v) is 7.45. The topological polar surface area (TPSA) is 54.0 Å². The molecule has 1 amide bonds. The monoisotopic (exact) mass is 347 g/mol. The molecule has 0 spiro atoms. The summed E-state index contributed by atoms with van der Waals surface area (Å²) in [5.74, 6) is -0.144. The molecule has 0 unspecified atom stereocenters. The van der Waals surface area contributed by atoms with Gasteiger partial charge < -0.3 is 10.6 Å². The van der Waals surface area contributed by atoms with E-state index in [-0.39, 0.29) is 17.6 Å². The Morgan fingerprint density at radius 1 is 1.46 bits per heavy atom. The summed E-state index contributed by atoms with van der Waals surface area (Å²) in [4.78, 5) is 17.8. The van der Waals surface area contributed by atoms with Gasteiger partial charge in [0, 0.05) is 23.3 Å². The lowest BCUT2D eigenvalue weighted by Crippen LogP contribution is -2.40. The highest BCUT2D eigenvalue weighted by atomic mass is 32.1. The van der Waals surface area contributed by atoms with Gasteiger partial charge in [0.05, 0.1) is 5.69 Å². The maximum atomic E-state index is 13.8. The lowest BCUT2D eigenvalue weighted by molar-refractivity contribution is -0.120. The number of benzene rings is 1. The number of anilines is 1. The number of carbonyl (C=O) groups is 1. The molecule has 1 aliphatic rings. The third-order valence-electron chi connectivity index (χ3n) is 4.43. The van der Waals surface area contributed by atoms with Crippen LogP contribution in [-0.2, 0) is 11.2 Å². The van der Waals surface area contributed by atoms with E-state index in [4.69, 9.17) is 0 Å². The zero-order valence-electron chi connectivity index (χ0n) is 13.9. The third-order valence-corrected chi connectivity index (χ3v) is 5.50. The number of aryl methyl sites for hydroxylation is 1. The van der Waals surface area contributed by atoms with Crippen molar-refractivity contribution < 1.29 is 9.18 Å². The molecule has 1 aliphatic heterocycles. The fraction of sp³-hybridized carbons (Fsp3) is 0.444. The molecule has 2 atom stereocenters. The lowest BCUT2D eigenvalue weighted by atomic mass is 9.93. The average Bonchev–Trinajstić information content (AvgIpc) is 2.89. The number of amides is 1. The fourth-order valence-corrected chi connectivity index (χ4v) is 4.03. The summed E-state index contributed by atoms with van der Waals surface area (Å²) in [7, 11) is 0. The first-order valence-electron chi connectivity index (χ1n) is 8.27. The Bertz CT molecular complexity index is 731. The molecule has 0 saturated carbocycles. The van der Waals surface area contributed by atoms with E-state index in [1.807, 2.05) is 13.0 Å². The van der Waals surface area contributed by atoms with Crippen molar-refractivity contribution in [1.29, 1.82) is 0 Å². The summed E-state index contributed by atoms with van der Waals surface area (Å²) in [5.41, 5.74) is 1.49. The van der Waals surface area contributed by atoms with Crippen LogP contribution in [0.1, 0.15) is 35.9 Å². The van der Waals surface area contributed by atoms with Gasteiger partial charge in [-0.3, -0.25) is 4.79 Å². The number of nitrogens with zero attached hydrogens (tertiary/aromatic N) is 1. The summed E-state index contributed by atoms with van der Waals surface area (Å²) >= 11 is 1.43. The molecule has 1 saturated heterocycles. The number of thiazole rings is 1. The largest absolute Gasteiger partial charge is 0.314 e. The van der Waals surface area contributed by atoms with Gasteiger partial charge in [-0.05, 0) is 44.9 Å². The first-order chi connectivity index (χ1) is 11.5. The molecule has 2 N–H and O–H groups in total. The molecule has 4 nitrogen and oxygen atoms in total. The predicted molar refractivity (Wildman–Crippen MR) is 94.9 cm³/mol. The fourth-order valence-electron chi connectivity index (χ4n) is 3.04. The highest BCUT2D eigenvalue weighted by Gasteiger charge is 2.25. The molecule has 6 heteroatoms. The van der Waals surface area contributed by atoms with Crippen LogP contribution in [-0.4, -0.2) is 23.5 Å². The Kier molecular flexibility index (Phi) is 5.26. The van der Waals surface area contributed by atoms with E-state index in [9.17, 15) is 9.18 Å². The summed E-state index contributed by atoms with van der Waals surface area (Å²) < 4.78 is 13.8. The SMILES string of the molecule is Cc1nc(NC(=O)[C@H]2CCN[C@@H](C)C2)sc1Cc1ccccc1F. The molecule has 0 bridgehead atoms. The average molecular weight is 347 g/mol. The molecule has 1 fully saturated rings. The second-order valence-electron chi connectivity index (χ2n) is 6.36. The molecule has 3 rings (SSSR count). The molecule has 2 aromatic rings. The number of nitrogens with one attached hydrogen (secondary N) is 2. The van der Waals surface area contributed by atoms with Gasteiger partial charge in [-0.2, -0.15) is 0 Å². The van der Waals surface area contributed by atoms with Crippen LogP contribution in [0.5, 0.6) is 0 Å². The van der Waals surface area contributed by atoms with Crippen molar-refractivity contribution in [2.24, 2.45) is 5.92 Å². The Balaban J connectivity index is 1.67. The second kappa shape index (κ2) is 7.40. The number of piperidine rings is 1. The lowest BCUT2D eigenvalue weighted by Gasteiger charge is -2.26. The van der Waals surface area contributed by atoms with Crippen LogP contribution in [0.4, 0.5) is 9.52 Å². The molecule has 1 aromatic heterocycles. The summed E-state index contributed by atoms with van der Waals surface area (Å²) in [6, 6.07) is 7.12. The van der Waals surface area contributed by atoms with Crippen LogP contribution >= 0.6 is 11.3 Å². The van der Waals surface area contributed by atoms with Crippen LogP contribution in [0.3, 0.4) is 0 Å². The molecule has 24 heavy (non-hydrogen) atoms. The number of carbonyl (C=O) groups excluding carboxylic acids is 1. The van der Waals surface area contributed by atoms with Gasteiger partial charge in [-0.25, -0.2) is 9.37 Å². The Morgan fingerprint density at radius 3 is 3.00 bits per heavy atom. The normalized spacial score (nSPS) is 20.8. The Morgan fingerprint density at radius 2 is 2.25 bits per heavy atom. The van der Waals surface area contributed by atoms with E-state index in [1.165, 1.54) is 17.4 Å². The van der Waals surface area contributed by atoms with Crippen LogP contribution in [0.2, 0.25) is 0 Å². The molecule has 0 aliphatic carbocycles. The minimum atomic E-state index is -0.209. The van der Waals surface area contributed by atoms with Gasteiger partial charge in [-0.1, -0.05) is 18.2 Å². The van der Waals surface area contributed by atoms with Crippen LogP contribution in [0.25, 0.3) is 0 Å². The van der Waals surface area contributed by atoms with E-state index in [2.05, 4.69) is 22.5 Å². The molecule has 0 radical (unpaired) electrons. The van der Waals surface area contributed by atoms with E-state index in [0.717, 1.165) is 30.0 Å².